The summed E-state index contributed by atoms with van der Waals surface area (Å²) in [6.07, 6.45) is 3.74. The monoisotopic (exact) mass is 388 g/mol. The molecule has 1 fully saturated rings. The first-order valence-corrected chi connectivity index (χ1v) is 9.97. The van der Waals surface area contributed by atoms with E-state index in [-0.39, 0.29) is 18.0 Å². The smallest absolute Gasteiger partial charge is 0.267 e. The summed E-state index contributed by atoms with van der Waals surface area (Å²) in [5.41, 5.74) is 3.14. The van der Waals surface area contributed by atoms with Gasteiger partial charge in [0, 0.05) is 36.1 Å². The van der Waals surface area contributed by atoms with Crippen LogP contribution in [-0.4, -0.2) is 28.8 Å². The van der Waals surface area contributed by atoms with Crippen molar-refractivity contribution in [3.05, 3.63) is 77.1 Å². The predicted molar refractivity (Wildman–Crippen MR) is 115 cm³/mol. The summed E-state index contributed by atoms with van der Waals surface area (Å²) in [5, 5.41) is 7.19. The Bertz CT molecular complexity index is 1020. The van der Waals surface area contributed by atoms with E-state index in [1.165, 1.54) is 35.7 Å². The lowest BCUT2D eigenvalue weighted by Gasteiger charge is -2.28. The van der Waals surface area contributed by atoms with Crippen molar-refractivity contribution >= 4 is 17.3 Å². The molecule has 6 nitrogen and oxygen atoms in total. The number of carbonyl (C=O) groups is 1. The highest BCUT2D eigenvalue weighted by Gasteiger charge is 2.12. The Morgan fingerprint density at radius 3 is 2.34 bits per heavy atom. The highest BCUT2D eigenvalue weighted by Crippen LogP contribution is 2.21. The topological polar surface area (TPSA) is 67.2 Å². The third-order valence-corrected chi connectivity index (χ3v) is 5.10. The van der Waals surface area contributed by atoms with E-state index in [0.717, 1.165) is 18.7 Å². The lowest BCUT2D eigenvalue weighted by atomic mass is 10.1. The van der Waals surface area contributed by atoms with E-state index in [9.17, 15) is 9.59 Å². The number of rotatable bonds is 5. The number of amides is 1. The Hall–Kier alpha value is -3.41. The van der Waals surface area contributed by atoms with Gasteiger partial charge in [0.1, 0.15) is 6.54 Å². The molecular weight excluding hydrogens is 364 g/mol. The maximum Gasteiger partial charge on any atom is 0.267 e. The summed E-state index contributed by atoms with van der Waals surface area (Å²) >= 11 is 0. The fraction of sp³-hybridized carbons (Fsp3) is 0.261. The largest absolute Gasteiger partial charge is 0.372 e. The van der Waals surface area contributed by atoms with E-state index in [0.29, 0.717) is 11.4 Å². The van der Waals surface area contributed by atoms with Crippen LogP contribution in [-0.2, 0) is 11.3 Å². The van der Waals surface area contributed by atoms with E-state index < -0.39 is 0 Å². The summed E-state index contributed by atoms with van der Waals surface area (Å²) < 4.78 is 1.19. The first-order valence-electron chi connectivity index (χ1n) is 9.97. The molecule has 1 N–H and O–H groups in total. The molecule has 1 aromatic heterocycles. The molecule has 29 heavy (non-hydrogen) atoms. The van der Waals surface area contributed by atoms with Gasteiger partial charge in [-0.15, -0.1) is 0 Å². The van der Waals surface area contributed by atoms with Gasteiger partial charge in [0.25, 0.3) is 5.56 Å². The van der Waals surface area contributed by atoms with Crippen molar-refractivity contribution < 1.29 is 4.79 Å². The molecule has 4 rings (SSSR count). The molecule has 0 bridgehead atoms. The number of piperidine rings is 1. The predicted octanol–water partition coefficient (Wildman–Crippen LogP) is 3.54. The number of nitrogens with zero attached hydrogens (tertiary/aromatic N) is 3. The molecule has 1 aliphatic rings. The lowest BCUT2D eigenvalue weighted by molar-refractivity contribution is -0.117. The molecule has 0 spiro atoms. The van der Waals surface area contributed by atoms with Gasteiger partial charge in [-0.1, -0.05) is 30.3 Å². The Kier molecular flexibility index (Phi) is 5.70. The second-order valence-corrected chi connectivity index (χ2v) is 7.22. The Morgan fingerprint density at radius 2 is 1.62 bits per heavy atom. The molecule has 2 heterocycles. The molecule has 1 amide bonds. The number of anilines is 2. The van der Waals surface area contributed by atoms with Gasteiger partial charge in [-0.25, -0.2) is 4.68 Å². The number of nitrogens with one attached hydrogen (secondary N) is 1. The van der Waals surface area contributed by atoms with Crippen molar-refractivity contribution in [3.63, 3.8) is 0 Å². The minimum atomic E-state index is -0.305. The van der Waals surface area contributed by atoms with Crippen LogP contribution in [0.4, 0.5) is 11.4 Å². The van der Waals surface area contributed by atoms with Gasteiger partial charge in [-0.3, -0.25) is 9.59 Å². The number of aromatic nitrogens is 2. The number of hydrogen-bond donors (Lipinski definition) is 1. The van der Waals surface area contributed by atoms with Crippen LogP contribution in [0.25, 0.3) is 11.3 Å². The highest BCUT2D eigenvalue weighted by atomic mass is 16.2. The highest BCUT2D eigenvalue weighted by molar-refractivity contribution is 5.90. The minimum Gasteiger partial charge on any atom is -0.372 e. The summed E-state index contributed by atoms with van der Waals surface area (Å²) in [6, 6.07) is 20.5. The van der Waals surface area contributed by atoms with Gasteiger partial charge in [-0.05, 0) is 49.6 Å². The summed E-state index contributed by atoms with van der Waals surface area (Å²) in [4.78, 5) is 26.9. The molecular formula is C23H24N4O2. The van der Waals surface area contributed by atoms with E-state index in [4.69, 9.17) is 0 Å². The second-order valence-electron chi connectivity index (χ2n) is 7.22. The van der Waals surface area contributed by atoms with Gasteiger partial charge in [0.15, 0.2) is 0 Å². The summed E-state index contributed by atoms with van der Waals surface area (Å²) in [5.74, 6) is -0.282. The standard InChI is InChI=1S/C23H24N4O2/c28-22(24-19-9-11-20(12-10-19)26-15-5-2-6-16-26)17-27-23(29)14-13-21(25-27)18-7-3-1-4-8-18/h1,3-4,7-14H,2,5-6,15-17H2,(H,24,28). The van der Waals surface area contributed by atoms with Crippen LogP contribution in [0.5, 0.6) is 0 Å². The van der Waals surface area contributed by atoms with Crippen LogP contribution in [0.15, 0.2) is 71.5 Å². The third-order valence-electron chi connectivity index (χ3n) is 5.10. The van der Waals surface area contributed by atoms with Crippen molar-refractivity contribution in [2.75, 3.05) is 23.3 Å². The molecule has 1 aliphatic heterocycles. The molecule has 148 valence electrons. The van der Waals surface area contributed by atoms with E-state index in [1.807, 2.05) is 54.6 Å². The molecule has 0 saturated carbocycles. The molecule has 0 unspecified atom stereocenters. The van der Waals surface area contributed by atoms with Gasteiger partial charge in [0.2, 0.25) is 5.91 Å². The normalized spacial score (nSPS) is 13.9. The van der Waals surface area contributed by atoms with Crippen molar-refractivity contribution in [3.8, 4) is 11.3 Å². The van der Waals surface area contributed by atoms with E-state index >= 15 is 0 Å². The fourth-order valence-corrected chi connectivity index (χ4v) is 3.57. The van der Waals surface area contributed by atoms with Crippen molar-refractivity contribution in [1.82, 2.24) is 9.78 Å². The molecule has 3 aromatic rings. The average Bonchev–Trinajstić information content (AvgIpc) is 2.77. The SMILES string of the molecule is O=C(Cn1nc(-c2ccccc2)ccc1=O)Nc1ccc(N2CCCCC2)cc1. The summed E-state index contributed by atoms with van der Waals surface area (Å²) in [7, 11) is 0. The fourth-order valence-electron chi connectivity index (χ4n) is 3.57. The molecule has 1 saturated heterocycles. The first kappa shape index (κ1) is 18.9. The van der Waals surface area contributed by atoms with Crippen LogP contribution in [0, 0.1) is 0 Å². The number of benzene rings is 2. The van der Waals surface area contributed by atoms with E-state index in [2.05, 4.69) is 15.3 Å². The first-order chi connectivity index (χ1) is 14.2. The van der Waals surface area contributed by atoms with Crippen LogP contribution in [0.2, 0.25) is 0 Å². The molecule has 0 radical (unpaired) electrons. The molecule has 0 atom stereocenters. The lowest BCUT2D eigenvalue weighted by Crippen LogP contribution is -2.30. The third kappa shape index (κ3) is 4.71. The minimum absolute atomic E-state index is 0.132. The Balaban J connectivity index is 1.42. The Morgan fingerprint density at radius 1 is 0.897 bits per heavy atom. The van der Waals surface area contributed by atoms with Gasteiger partial charge < -0.3 is 10.2 Å². The quantitative estimate of drug-likeness (QED) is 0.726. The molecule has 6 heteroatoms. The number of carbonyl (C=O) groups excluding carboxylic acids is 1. The van der Waals surface area contributed by atoms with Crippen LogP contribution in [0.3, 0.4) is 0 Å². The van der Waals surface area contributed by atoms with Crippen molar-refractivity contribution in [2.24, 2.45) is 0 Å². The average molecular weight is 388 g/mol. The Labute approximate surface area is 169 Å². The van der Waals surface area contributed by atoms with Gasteiger partial charge >= 0.3 is 0 Å². The zero-order valence-corrected chi connectivity index (χ0v) is 16.3. The van der Waals surface area contributed by atoms with Gasteiger partial charge in [-0.2, -0.15) is 5.10 Å². The second kappa shape index (κ2) is 8.73. The van der Waals surface area contributed by atoms with Crippen molar-refractivity contribution in [2.45, 2.75) is 25.8 Å². The zero-order chi connectivity index (χ0) is 20.1. The van der Waals surface area contributed by atoms with Crippen molar-refractivity contribution in [1.29, 1.82) is 0 Å². The summed E-state index contributed by atoms with van der Waals surface area (Å²) in [6.45, 7) is 2.03. The maximum absolute atomic E-state index is 12.4. The number of hydrogen-bond acceptors (Lipinski definition) is 4. The van der Waals surface area contributed by atoms with E-state index in [1.54, 1.807) is 6.07 Å². The maximum atomic E-state index is 12.4. The molecule has 0 aliphatic carbocycles. The van der Waals surface area contributed by atoms with Crippen LogP contribution < -0.4 is 15.8 Å². The van der Waals surface area contributed by atoms with Gasteiger partial charge in [0.05, 0.1) is 5.69 Å². The van der Waals surface area contributed by atoms with Crippen LogP contribution in [0.1, 0.15) is 19.3 Å². The zero-order valence-electron chi connectivity index (χ0n) is 16.3. The van der Waals surface area contributed by atoms with Crippen LogP contribution >= 0.6 is 0 Å². The molecule has 2 aromatic carbocycles.